The Labute approximate surface area is 234 Å². The Bertz CT molecular complexity index is 1320. The van der Waals surface area contributed by atoms with Gasteiger partial charge in [0.2, 0.25) is 0 Å². The van der Waals surface area contributed by atoms with E-state index < -0.39 is 0 Å². The van der Waals surface area contributed by atoms with E-state index >= 15 is 0 Å². The summed E-state index contributed by atoms with van der Waals surface area (Å²) >= 11 is 12.6. The summed E-state index contributed by atoms with van der Waals surface area (Å²) in [6.45, 7) is 6.29. The van der Waals surface area contributed by atoms with Crippen LogP contribution in [0.4, 0.5) is 10.1 Å². The van der Waals surface area contributed by atoms with Crippen LogP contribution in [0.5, 0.6) is 0 Å². The van der Waals surface area contributed by atoms with Crippen molar-refractivity contribution < 1.29 is 9.18 Å². The Kier molecular flexibility index (Phi) is 7.99. The van der Waals surface area contributed by atoms with Crippen molar-refractivity contribution in [2.75, 3.05) is 45.1 Å². The van der Waals surface area contributed by atoms with Crippen molar-refractivity contribution in [1.82, 2.24) is 9.80 Å². The van der Waals surface area contributed by atoms with Crippen molar-refractivity contribution in [3.8, 4) is 0 Å². The molecule has 1 atom stereocenters. The van der Waals surface area contributed by atoms with Crippen LogP contribution >= 0.6 is 23.2 Å². The molecule has 2 heterocycles. The SMILES string of the molecule is Cc1cccc(C(=O)N(C)CC(CCN2CCC3(CC2)CNc2ccc(F)cc23)c2ccc(Cl)c(Cl)c2)c1. The van der Waals surface area contributed by atoms with Crippen molar-refractivity contribution in [2.45, 2.75) is 37.5 Å². The van der Waals surface area contributed by atoms with Gasteiger partial charge in [0.05, 0.1) is 10.0 Å². The van der Waals surface area contributed by atoms with E-state index in [4.69, 9.17) is 23.2 Å². The lowest BCUT2D eigenvalue weighted by Gasteiger charge is -2.40. The van der Waals surface area contributed by atoms with Gasteiger partial charge < -0.3 is 15.1 Å². The monoisotopic (exact) mass is 553 g/mol. The summed E-state index contributed by atoms with van der Waals surface area (Å²) in [6, 6.07) is 18.6. The highest BCUT2D eigenvalue weighted by atomic mass is 35.5. The molecule has 4 nitrogen and oxygen atoms in total. The Balaban J connectivity index is 1.26. The van der Waals surface area contributed by atoms with Crippen LogP contribution in [0, 0.1) is 12.7 Å². The second-order valence-corrected chi connectivity index (χ2v) is 11.7. The van der Waals surface area contributed by atoms with E-state index in [0.29, 0.717) is 22.2 Å². The number of piperidine rings is 1. The molecule has 3 aromatic carbocycles. The molecule has 1 fully saturated rings. The smallest absolute Gasteiger partial charge is 0.253 e. The molecule has 38 heavy (non-hydrogen) atoms. The molecule has 0 aromatic heterocycles. The normalized spacial score (nSPS) is 17.2. The van der Waals surface area contributed by atoms with Crippen molar-refractivity contribution in [3.05, 3.63) is 98.8 Å². The third-order valence-electron chi connectivity index (χ3n) is 8.30. The first-order valence-corrected chi connectivity index (χ1v) is 14.0. The van der Waals surface area contributed by atoms with Gasteiger partial charge in [-0.3, -0.25) is 4.79 Å². The van der Waals surface area contributed by atoms with Gasteiger partial charge >= 0.3 is 0 Å². The predicted molar refractivity (Wildman–Crippen MR) is 154 cm³/mol. The summed E-state index contributed by atoms with van der Waals surface area (Å²) in [7, 11) is 1.86. The third kappa shape index (κ3) is 5.70. The molecule has 1 saturated heterocycles. The fraction of sp³-hybridized carbons (Fsp3) is 0.387. The van der Waals surface area contributed by atoms with Gasteiger partial charge in [-0.15, -0.1) is 0 Å². The summed E-state index contributed by atoms with van der Waals surface area (Å²) < 4.78 is 14.0. The Morgan fingerprint density at radius 3 is 2.61 bits per heavy atom. The van der Waals surface area contributed by atoms with Gasteiger partial charge in [-0.05, 0) is 99.4 Å². The lowest BCUT2D eigenvalue weighted by Crippen LogP contribution is -2.44. The van der Waals surface area contributed by atoms with Crippen LogP contribution in [-0.2, 0) is 5.41 Å². The van der Waals surface area contributed by atoms with Gasteiger partial charge in [0, 0.05) is 42.7 Å². The molecule has 0 saturated carbocycles. The number of halogens is 3. The lowest BCUT2D eigenvalue weighted by molar-refractivity contribution is 0.0780. The molecule has 0 aliphatic carbocycles. The minimum Gasteiger partial charge on any atom is -0.384 e. The van der Waals surface area contributed by atoms with Crippen LogP contribution in [0.1, 0.15) is 52.2 Å². The van der Waals surface area contributed by atoms with Crippen molar-refractivity contribution in [3.63, 3.8) is 0 Å². The molecule has 1 amide bonds. The number of amides is 1. The molecular weight excluding hydrogens is 520 g/mol. The molecule has 200 valence electrons. The lowest BCUT2D eigenvalue weighted by atomic mass is 9.74. The van der Waals surface area contributed by atoms with Crippen LogP contribution in [0.15, 0.2) is 60.7 Å². The van der Waals surface area contributed by atoms with Gasteiger partial charge in [0.15, 0.2) is 0 Å². The molecule has 0 bridgehead atoms. The molecule has 5 rings (SSSR count). The second kappa shape index (κ2) is 11.3. The number of carbonyl (C=O) groups excluding carboxylic acids is 1. The van der Waals surface area contributed by atoms with E-state index in [1.54, 1.807) is 6.07 Å². The van der Waals surface area contributed by atoms with E-state index in [1.165, 1.54) is 6.07 Å². The highest BCUT2D eigenvalue weighted by molar-refractivity contribution is 6.42. The first-order chi connectivity index (χ1) is 18.2. The van der Waals surface area contributed by atoms with Crippen molar-refractivity contribution in [2.24, 2.45) is 0 Å². The topological polar surface area (TPSA) is 35.6 Å². The van der Waals surface area contributed by atoms with Gasteiger partial charge in [-0.1, -0.05) is 47.0 Å². The van der Waals surface area contributed by atoms with E-state index in [1.807, 2.05) is 67.4 Å². The average molecular weight is 555 g/mol. The minimum absolute atomic E-state index is 0.0114. The molecule has 2 aliphatic rings. The number of hydrogen-bond donors (Lipinski definition) is 1. The van der Waals surface area contributed by atoms with Crippen LogP contribution in [0.2, 0.25) is 10.0 Å². The van der Waals surface area contributed by atoms with Crippen LogP contribution in [0.25, 0.3) is 0 Å². The number of rotatable bonds is 7. The quantitative estimate of drug-likeness (QED) is 0.337. The minimum atomic E-state index is -0.164. The van der Waals surface area contributed by atoms with Gasteiger partial charge in [0.1, 0.15) is 5.82 Å². The molecule has 1 N–H and O–H groups in total. The van der Waals surface area contributed by atoms with Crippen LogP contribution in [-0.4, -0.2) is 55.5 Å². The van der Waals surface area contributed by atoms with Crippen LogP contribution < -0.4 is 5.32 Å². The maximum atomic E-state index is 14.0. The van der Waals surface area contributed by atoms with Crippen LogP contribution in [0.3, 0.4) is 0 Å². The maximum Gasteiger partial charge on any atom is 0.253 e. The molecule has 1 spiro atoms. The second-order valence-electron chi connectivity index (χ2n) is 10.9. The molecule has 3 aromatic rings. The van der Waals surface area contributed by atoms with E-state index in [0.717, 1.165) is 67.8 Å². The number of likely N-dealkylation sites (N-methyl/N-ethyl adjacent to an activating group) is 1. The number of fused-ring (bicyclic) bond motifs is 2. The number of nitrogens with one attached hydrogen (secondary N) is 1. The number of nitrogens with zero attached hydrogens (tertiary/aromatic N) is 2. The third-order valence-corrected chi connectivity index (χ3v) is 9.04. The Morgan fingerprint density at radius 1 is 1.08 bits per heavy atom. The summed E-state index contributed by atoms with van der Waals surface area (Å²) in [4.78, 5) is 17.5. The Hall–Kier alpha value is -2.60. The number of anilines is 1. The number of likely N-dealkylation sites (tertiary alicyclic amines) is 1. The fourth-order valence-electron chi connectivity index (χ4n) is 6.00. The molecule has 2 aliphatic heterocycles. The van der Waals surface area contributed by atoms with Gasteiger partial charge in [-0.2, -0.15) is 0 Å². The molecule has 1 unspecified atom stereocenters. The predicted octanol–water partition coefficient (Wildman–Crippen LogP) is 7.15. The number of carbonyl (C=O) groups is 1. The van der Waals surface area contributed by atoms with Crippen molar-refractivity contribution in [1.29, 1.82) is 0 Å². The zero-order valence-corrected chi connectivity index (χ0v) is 23.5. The average Bonchev–Trinajstić information content (AvgIpc) is 3.25. The fourth-order valence-corrected chi connectivity index (χ4v) is 6.31. The summed E-state index contributed by atoms with van der Waals surface area (Å²) in [6.07, 6.45) is 2.89. The largest absolute Gasteiger partial charge is 0.384 e. The summed E-state index contributed by atoms with van der Waals surface area (Å²) in [5.41, 5.74) is 5.06. The van der Waals surface area contributed by atoms with E-state index in [-0.39, 0.29) is 23.1 Å². The molecule has 0 radical (unpaired) electrons. The molecule has 7 heteroatoms. The van der Waals surface area contributed by atoms with E-state index in [2.05, 4.69) is 10.2 Å². The zero-order chi connectivity index (χ0) is 26.9. The summed E-state index contributed by atoms with van der Waals surface area (Å²) in [5, 5.41) is 4.55. The first-order valence-electron chi connectivity index (χ1n) is 13.3. The maximum absolute atomic E-state index is 14.0. The first kappa shape index (κ1) is 27.0. The zero-order valence-electron chi connectivity index (χ0n) is 21.9. The highest BCUT2D eigenvalue weighted by Gasteiger charge is 2.41. The standard InChI is InChI=1S/C31H34Cl2FN3O/c1-21-4-3-5-23(16-21)30(38)36(2)19-24(22-6-8-27(32)28(33)17-22)10-13-37-14-11-31(12-15-37)20-35-29-9-7-25(34)18-26(29)31/h3-9,16-18,24,35H,10-15,19-20H2,1-2H3. The van der Waals surface area contributed by atoms with E-state index in [9.17, 15) is 9.18 Å². The number of hydrogen-bond acceptors (Lipinski definition) is 3. The molecular formula is C31H34Cl2FN3O. The highest BCUT2D eigenvalue weighted by Crippen LogP contribution is 2.44. The summed E-state index contributed by atoms with van der Waals surface area (Å²) in [5.74, 6) is -0.0382. The number of aryl methyl sites for hydroxylation is 1. The van der Waals surface area contributed by atoms with Gasteiger partial charge in [0.25, 0.3) is 5.91 Å². The van der Waals surface area contributed by atoms with Gasteiger partial charge in [-0.25, -0.2) is 4.39 Å². The Morgan fingerprint density at radius 2 is 1.87 bits per heavy atom. The van der Waals surface area contributed by atoms with Crippen molar-refractivity contribution >= 4 is 34.8 Å². The number of benzene rings is 3.